The maximum absolute atomic E-state index is 11.0. The Morgan fingerprint density at radius 2 is 2.40 bits per heavy atom. The van der Waals surface area contributed by atoms with Crippen molar-refractivity contribution in [3.05, 3.63) is 29.8 Å². The van der Waals surface area contributed by atoms with Gasteiger partial charge >= 0.3 is 6.09 Å². The Morgan fingerprint density at radius 3 is 3.13 bits per heavy atom. The maximum atomic E-state index is 11.0. The lowest BCUT2D eigenvalue weighted by Crippen LogP contribution is -2.49. The minimum absolute atomic E-state index is 0.386. The lowest BCUT2D eigenvalue weighted by Gasteiger charge is -2.29. The van der Waals surface area contributed by atoms with Gasteiger partial charge in [0.05, 0.1) is 12.2 Å². The number of nitrogens with one attached hydrogen (secondary N) is 1. The molecule has 1 aliphatic heterocycles. The van der Waals surface area contributed by atoms with Crippen molar-refractivity contribution in [2.45, 2.75) is 13.3 Å². The predicted molar refractivity (Wildman–Crippen MR) is 57.6 cm³/mol. The van der Waals surface area contributed by atoms with Gasteiger partial charge in [0.1, 0.15) is 6.61 Å². The molecule has 2 rings (SSSR count). The molecule has 0 bridgehead atoms. The van der Waals surface area contributed by atoms with E-state index in [0.29, 0.717) is 13.2 Å². The topological polar surface area (TPSA) is 41.6 Å². The number of anilines is 1. The minimum atomic E-state index is -0.386. The number of hydrazine groups is 1. The average molecular weight is 206 g/mol. The van der Waals surface area contributed by atoms with Crippen LogP contribution in [0.15, 0.2) is 24.3 Å². The van der Waals surface area contributed by atoms with Crippen LogP contribution in [0.2, 0.25) is 0 Å². The fourth-order valence-electron chi connectivity index (χ4n) is 1.57. The van der Waals surface area contributed by atoms with Gasteiger partial charge in [0.25, 0.3) is 0 Å². The summed E-state index contributed by atoms with van der Waals surface area (Å²) in [5.74, 6) is 0. The van der Waals surface area contributed by atoms with Crippen LogP contribution in [0.4, 0.5) is 10.5 Å². The number of aryl methyl sites for hydroxylation is 1. The number of ether oxygens (including phenoxy) is 1. The molecule has 1 saturated heterocycles. The monoisotopic (exact) mass is 206 g/mol. The summed E-state index contributed by atoms with van der Waals surface area (Å²) in [5.41, 5.74) is 4.92. The van der Waals surface area contributed by atoms with E-state index in [-0.39, 0.29) is 6.09 Å². The lowest BCUT2D eigenvalue weighted by molar-refractivity contribution is 0.132. The van der Waals surface area contributed by atoms with Crippen molar-refractivity contribution in [2.75, 3.05) is 18.2 Å². The average Bonchev–Trinajstić information content (AvgIpc) is 2.29. The number of benzene rings is 1. The zero-order chi connectivity index (χ0) is 10.7. The first-order chi connectivity index (χ1) is 7.29. The van der Waals surface area contributed by atoms with Crippen molar-refractivity contribution in [1.82, 2.24) is 5.43 Å². The molecule has 4 heteroatoms. The van der Waals surface area contributed by atoms with E-state index in [4.69, 9.17) is 4.74 Å². The summed E-state index contributed by atoms with van der Waals surface area (Å²) in [4.78, 5) is 11.0. The second-order valence-electron chi connectivity index (χ2n) is 3.42. The summed E-state index contributed by atoms with van der Waals surface area (Å²) >= 11 is 0. The van der Waals surface area contributed by atoms with Gasteiger partial charge in [-0.15, -0.1) is 0 Å². The first-order valence-electron chi connectivity index (χ1n) is 5.09. The molecule has 15 heavy (non-hydrogen) atoms. The molecule has 0 radical (unpaired) electrons. The number of hydrogen-bond acceptors (Lipinski definition) is 3. The number of amides is 1. The molecule has 1 amide bonds. The molecule has 80 valence electrons. The van der Waals surface area contributed by atoms with E-state index >= 15 is 0 Å². The van der Waals surface area contributed by atoms with Gasteiger partial charge in [-0.3, -0.25) is 5.01 Å². The standard InChI is InChI=1S/C11H14N2O2/c1-2-9-4-3-5-10(8-9)13-6-7-15-11(14)12-13/h3-5,8H,2,6-7H2,1H3,(H,12,14). The molecular formula is C11H14N2O2. The molecule has 0 aromatic heterocycles. The fraction of sp³-hybridized carbons (Fsp3) is 0.364. The van der Waals surface area contributed by atoms with Crippen molar-refractivity contribution in [2.24, 2.45) is 0 Å². The summed E-state index contributed by atoms with van der Waals surface area (Å²) in [7, 11) is 0. The molecule has 0 aliphatic carbocycles. The highest BCUT2D eigenvalue weighted by molar-refractivity contribution is 5.71. The molecule has 1 aromatic rings. The SMILES string of the molecule is CCc1cccc(N2CCOC(=O)N2)c1. The highest BCUT2D eigenvalue weighted by Crippen LogP contribution is 2.16. The molecule has 1 aromatic carbocycles. The van der Waals surface area contributed by atoms with Crippen LogP contribution in [0.5, 0.6) is 0 Å². The zero-order valence-electron chi connectivity index (χ0n) is 8.69. The highest BCUT2D eigenvalue weighted by atomic mass is 16.6. The van der Waals surface area contributed by atoms with E-state index in [2.05, 4.69) is 24.5 Å². The molecule has 1 fully saturated rings. The summed E-state index contributed by atoms with van der Waals surface area (Å²) in [6.45, 7) is 3.22. The third-order valence-electron chi connectivity index (χ3n) is 2.40. The molecule has 1 heterocycles. The van der Waals surface area contributed by atoms with Crippen LogP contribution >= 0.6 is 0 Å². The first-order valence-corrected chi connectivity index (χ1v) is 5.09. The van der Waals surface area contributed by atoms with Crippen LogP contribution in [-0.4, -0.2) is 19.2 Å². The van der Waals surface area contributed by atoms with Gasteiger partial charge in [0.2, 0.25) is 0 Å². The molecule has 1 aliphatic rings. The predicted octanol–water partition coefficient (Wildman–Crippen LogP) is 1.71. The fourth-order valence-corrected chi connectivity index (χ4v) is 1.57. The molecule has 1 N–H and O–H groups in total. The van der Waals surface area contributed by atoms with E-state index in [0.717, 1.165) is 12.1 Å². The van der Waals surface area contributed by atoms with Gasteiger partial charge in [-0.1, -0.05) is 19.1 Å². The van der Waals surface area contributed by atoms with Gasteiger partial charge in [-0.25, -0.2) is 10.2 Å². The van der Waals surface area contributed by atoms with E-state index < -0.39 is 0 Å². The van der Waals surface area contributed by atoms with Gasteiger partial charge in [0.15, 0.2) is 0 Å². The lowest BCUT2D eigenvalue weighted by atomic mass is 10.1. The van der Waals surface area contributed by atoms with E-state index in [1.165, 1.54) is 5.56 Å². The molecule has 0 saturated carbocycles. The number of carbonyl (C=O) groups excluding carboxylic acids is 1. The molecule has 0 spiro atoms. The number of hydrogen-bond donors (Lipinski definition) is 1. The number of carbonyl (C=O) groups is 1. The highest BCUT2D eigenvalue weighted by Gasteiger charge is 2.16. The zero-order valence-corrected chi connectivity index (χ0v) is 8.69. The van der Waals surface area contributed by atoms with Crippen LogP contribution in [0.1, 0.15) is 12.5 Å². The summed E-state index contributed by atoms with van der Waals surface area (Å²) in [6.07, 6.45) is 0.606. The van der Waals surface area contributed by atoms with Crippen LogP contribution in [-0.2, 0) is 11.2 Å². The summed E-state index contributed by atoms with van der Waals surface area (Å²) in [5, 5.41) is 1.81. The number of rotatable bonds is 2. The largest absolute Gasteiger partial charge is 0.446 e. The quantitative estimate of drug-likeness (QED) is 0.801. The molecular weight excluding hydrogens is 192 g/mol. The van der Waals surface area contributed by atoms with Crippen molar-refractivity contribution < 1.29 is 9.53 Å². The molecule has 0 atom stereocenters. The van der Waals surface area contributed by atoms with Gasteiger partial charge < -0.3 is 4.74 Å². The van der Waals surface area contributed by atoms with Crippen molar-refractivity contribution >= 4 is 11.8 Å². The summed E-state index contributed by atoms with van der Waals surface area (Å²) in [6, 6.07) is 8.12. The number of nitrogens with zero attached hydrogens (tertiary/aromatic N) is 1. The normalized spacial score (nSPS) is 15.8. The Hall–Kier alpha value is -1.71. The second-order valence-corrected chi connectivity index (χ2v) is 3.42. The second kappa shape index (κ2) is 4.21. The Bertz CT molecular complexity index is 365. The summed E-state index contributed by atoms with van der Waals surface area (Å²) < 4.78 is 4.79. The van der Waals surface area contributed by atoms with Crippen molar-refractivity contribution in [3.63, 3.8) is 0 Å². The van der Waals surface area contributed by atoms with Crippen LogP contribution in [0.3, 0.4) is 0 Å². The van der Waals surface area contributed by atoms with Gasteiger partial charge in [-0.05, 0) is 24.1 Å². The van der Waals surface area contributed by atoms with Crippen molar-refractivity contribution in [1.29, 1.82) is 0 Å². The smallest absolute Gasteiger partial charge is 0.426 e. The molecule has 4 nitrogen and oxygen atoms in total. The Morgan fingerprint density at radius 1 is 1.53 bits per heavy atom. The third-order valence-corrected chi connectivity index (χ3v) is 2.40. The van der Waals surface area contributed by atoms with E-state index in [1.807, 2.05) is 17.1 Å². The number of cyclic esters (lactones) is 1. The van der Waals surface area contributed by atoms with Gasteiger partial charge in [0, 0.05) is 0 Å². The maximum Gasteiger partial charge on any atom is 0.426 e. The van der Waals surface area contributed by atoms with E-state index in [9.17, 15) is 4.79 Å². The Labute approximate surface area is 88.8 Å². The Balaban J connectivity index is 2.17. The van der Waals surface area contributed by atoms with Crippen LogP contribution in [0.25, 0.3) is 0 Å². The van der Waals surface area contributed by atoms with Crippen LogP contribution in [0, 0.1) is 0 Å². The van der Waals surface area contributed by atoms with E-state index in [1.54, 1.807) is 0 Å². The van der Waals surface area contributed by atoms with Crippen LogP contribution < -0.4 is 10.4 Å². The van der Waals surface area contributed by atoms with Crippen molar-refractivity contribution in [3.8, 4) is 0 Å². The first kappa shape index (κ1) is 9.83. The van der Waals surface area contributed by atoms with Gasteiger partial charge in [-0.2, -0.15) is 0 Å². The minimum Gasteiger partial charge on any atom is -0.446 e. The molecule has 0 unspecified atom stereocenters. The Kier molecular flexibility index (Phi) is 2.76. The third kappa shape index (κ3) is 2.21.